The van der Waals surface area contributed by atoms with Crippen LogP contribution in [0.1, 0.15) is 0 Å². The van der Waals surface area contributed by atoms with Crippen LogP contribution in [-0.2, 0) is 0 Å². The van der Waals surface area contributed by atoms with E-state index in [1.54, 1.807) is 0 Å². The molecule has 60 valence electrons. The quantitative estimate of drug-likeness (QED) is 0.443. The van der Waals surface area contributed by atoms with Gasteiger partial charge in [0.15, 0.2) is 0 Å². The van der Waals surface area contributed by atoms with Gasteiger partial charge in [-0.1, -0.05) is 0 Å². The lowest BCUT2D eigenvalue weighted by molar-refractivity contribution is 0.107. The molecule has 0 saturated carbocycles. The molecular weight excluding hydrogens is 140 g/mol. The van der Waals surface area contributed by atoms with Crippen molar-refractivity contribution in [3.8, 4) is 0 Å². The molecule has 0 aliphatic heterocycles. The molecular formula is C5H11F2N3. The fraction of sp³-hybridized carbons (Fsp3) is 0.800. The van der Waals surface area contributed by atoms with Gasteiger partial charge in [0, 0.05) is 0 Å². The molecule has 0 aromatic carbocycles. The van der Waals surface area contributed by atoms with Crippen LogP contribution in [0.15, 0.2) is 0 Å². The van der Waals surface area contributed by atoms with Gasteiger partial charge in [-0.3, -0.25) is 10.3 Å². The molecule has 3 nitrogen and oxygen atoms in total. The van der Waals surface area contributed by atoms with E-state index in [0.29, 0.717) is 0 Å². The SMILES string of the molecule is CN(CC(=N)N)CC(F)F. The van der Waals surface area contributed by atoms with Crippen LogP contribution < -0.4 is 5.73 Å². The minimum Gasteiger partial charge on any atom is -0.387 e. The van der Waals surface area contributed by atoms with Gasteiger partial charge >= 0.3 is 0 Å². The molecule has 5 heteroatoms. The smallest absolute Gasteiger partial charge is 0.251 e. The Labute approximate surface area is 58.3 Å². The summed E-state index contributed by atoms with van der Waals surface area (Å²) >= 11 is 0. The summed E-state index contributed by atoms with van der Waals surface area (Å²) in [5.74, 6) is -0.0943. The van der Waals surface area contributed by atoms with Crippen LogP contribution >= 0.6 is 0 Å². The van der Waals surface area contributed by atoms with Gasteiger partial charge in [0.1, 0.15) is 5.84 Å². The highest BCUT2D eigenvalue weighted by molar-refractivity contribution is 5.78. The van der Waals surface area contributed by atoms with Gasteiger partial charge in [-0.25, -0.2) is 8.78 Å². The van der Waals surface area contributed by atoms with E-state index >= 15 is 0 Å². The number of nitrogens with two attached hydrogens (primary N) is 1. The monoisotopic (exact) mass is 151 g/mol. The zero-order chi connectivity index (χ0) is 8.15. The molecule has 0 aliphatic rings. The first-order chi connectivity index (χ1) is 4.52. The van der Waals surface area contributed by atoms with Crippen LogP contribution in [0.4, 0.5) is 8.78 Å². The maximum atomic E-state index is 11.6. The normalized spacial score (nSPS) is 10.9. The Balaban J connectivity index is 3.43. The third-order valence-electron chi connectivity index (χ3n) is 0.890. The Morgan fingerprint density at radius 3 is 2.50 bits per heavy atom. The Hall–Kier alpha value is -0.710. The van der Waals surface area contributed by atoms with Gasteiger partial charge in [0.2, 0.25) is 0 Å². The zero-order valence-electron chi connectivity index (χ0n) is 5.77. The lowest BCUT2D eigenvalue weighted by Gasteiger charge is -2.13. The predicted octanol–water partition coefficient (Wildman–Crippen LogP) is 0.119. The van der Waals surface area contributed by atoms with Crippen molar-refractivity contribution in [3.05, 3.63) is 0 Å². The van der Waals surface area contributed by atoms with Crippen LogP contribution in [-0.4, -0.2) is 37.3 Å². The topological polar surface area (TPSA) is 53.1 Å². The van der Waals surface area contributed by atoms with Crippen LogP contribution in [0.2, 0.25) is 0 Å². The number of rotatable bonds is 4. The fourth-order valence-electron chi connectivity index (χ4n) is 0.591. The number of hydrogen-bond acceptors (Lipinski definition) is 2. The molecule has 0 saturated heterocycles. The molecule has 0 spiro atoms. The minimum atomic E-state index is -2.36. The van der Waals surface area contributed by atoms with Gasteiger partial charge in [0.05, 0.1) is 13.1 Å². The second-order valence-electron chi connectivity index (χ2n) is 2.11. The second-order valence-corrected chi connectivity index (χ2v) is 2.11. The summed E-state index contributed by atoms with van der Waals surface area (Å²) in [6.45, 7) is -0.232. The van der Waals surface area contributed by atoms with Crippen molar-refractivity contribution in [1.82, 2.24) is 4.90 Å². The third-order valence-corrected chi connectivity index (χ3v) is 0.890. The Kier molecular flexibility index (Phi) is 3.87. The first-order valence-corrected chi connectivity index (χ1v) is 2.82. The molecule has 0 unspecified atom stereocenters. The summed E-state index contributed by atoms with van der Waals surface area (Å²) in [4.78, 5) is 1.30. The number of alkyl halides is 2. The van der Waals surface area contributed by atoms with Crippen LogP contribution in [0.3, 0.4) is 0 Å². The van der Waals surface area contributed by atoms with Gasteiger partial charge in [0.25, 0.3) is 6.43 Å². The van der Waals surface area contributed by atoms with Crippen molar-refractivity contribution < 1.29 is 8.78 Å². The van der Waals surface area contributed by atoms with E-state index in [9.17, 15) is 8.78 Å². The van der Waals surface area contributed by atoms with Crippen LogP contribution in [0.5, 0.6) is 0 Å². The molecule has 0 heterocycles. The van der Waals surface area contributed by atoms with Crippen molar-refractivity contribution in [1.29, 1.82) is 5.41 Å². The third kappa shape index (κ3) is 5.43. The first kappa shape index (κ1) is 9.29. The second kappa shape index (κ2) is 4.16. The minimum absolute atomic E-state index is 0.0943. The fourth-order valence-corrected chi connectivity index (χ4v) is 0.591. The summed E-state index contributed by atoms with van der Waals surface area (Å²) in [6.07, 6.45) is -2.36. The lowest BCUT2D eigenvalue weighted by atomic mass is 10.5. The molecule has 0 bridgehead atoms. The lowest BCUT2D eigenvalue weighted by Crippen LogP contribution is -2.33. The van der Waals surface area contributed by atoms with E-state index in [2.05, 4.69) is 0 Å². The summed E-state index contributed by atoms with van der Waals surface area (Å²) in [5, 5.41) is 6.76. The highest BCUT2D eigenvalue weighted by Crippen LogP contribution is 1.93. The highest BCUT2D eigenvalue weighted by atomic mass is 19.3. The number of nitrogens with one attached hydrogen (secondary N) is 1. The molecule has 0 radical (unpaired) electrons. The standard InChI is InChI=1S/C5H11F2N3/c1-10(2-4(6)7)3-5(8)9/h4H,2-3H2,1H3,(H3,8,9). The van der Waals surface area contributed by atoms with E-state index in [1.165, 1.54) is 11.9 Å². The van der Waals surface area contributed by atoms with E-state index in [0.717, 1.165) is 0 Å². The van der Waals surface area contributed by atoms with Gasteiger partial charge in [-0.05, 0) is 7.05 Å². The van der Waals surface area contributed by atoms with E-state index in [1.807, 2.05) is 0 Å². The summed E-state index contributed by atoms with van der Waals surface area (Å²) in [7, 11) is 1.49. The number of likely N-dealkylation sites (N-methyl/N-ethyl adjacent to an activating group) is 1. The maximum absolute atomic E-state index is 11.6. The largest absolute Gasteiger partial charge is 0.387 e. The van der Waals surface area contributed by atoms with Crippen LogP contribution in [0, 0.1) is 5.41 Å². The first-order valence-electron chi connectivity index (χ1n) is 2.82. The molecule has 3 N–H and O–H groups in total. The molecule has 0 amide bonds. The van der Waals surface area contributed by atoms with E-state index in [-0.39, 0.29) is 18.9 Å². The molecule has 0 aromatic rings. The van der Waals surface area contributed by atoms with Gasteiger partial charge in [-0.15, -0.1) is 0 Å². The van der Waals surface area contributed by atoms with Crippen molar-refractivity contribution in [2.75, 3.05) is 20.1 Å². The van der Waals surface area contributed by atoms with Crippen molar-refractivity contribution in [2.45, 2.75) is 6.43 Å². The highest BCUT2D eigenvalue weighted by Gasteiger charge is 2.07. The number of hydrogen-bond donors (Lipinski definition) is 2. The predicted molar refractivity (Wildman–Crippen MR) is 35.4 cm³/mol. The number of nitrogens with zero attached hydrogens (tertiary/aromatic N) is 1. The Morgan fingerprint density at radius 2 is 2.20 bits per heavy atom. The van der Waals surface area contributed by atoms with Gasteiger partial charge in [-0.2, -0.15) is 0 Å². The Morgan fingerprint density at radius 1 is 1.70 bits per heavy atom. The average Bonchev–Trinajstić information content (AvgIpc) is 1.58. The summed E-state index contributed by atoms with van der Waals surface area (Å²) in [6, 6.07) is 0. The van der Waals surface area contributed by atoms with E-state index in [4.69, 9.17) is 11.1 Å². The average molecular weight is 151 g/mol. The molecule has 0 rings (SSSR count). The number of halogens is 2. The summed E-state index contributed by atoms with van der Waals surface area (Å²) in [5.41, 5.74) is 4.97. The Bertz CT molecular complexity index is 115. The molecule has 0 aromatic heterocycles. The maximum Gasteiger partial charge on any atom is 0.251 e. The molecule has 0 atom stereocenters. The van der Waals surface area contributed by atoms with Crippen molar-refractivity contribution in [3.63, 3.8) is 0 Å². The molecule has 10 heavy (non-hydrogen) atoms. The van der Waals surface area contributed by atoms with Crippen molar-refractivity contribution in [2.24, 2.45) is 5.73 Å². The summed E-state index contributed by atoms with van der Waals surface area (Å²) < 4.78 is 23.2. The number of amidine groups is 1. The zero-order valence-corrected chi connectivity index (χ0v) is 5.77. The van der Waals surface area contributed by atoms with Gasteiger partial charge < -0.3 is 5.73 Å². The molecule has 0 aliphatic carbocycles. The van der Waals surface area contributed by atoms with E-state index < -0.39 is 6.43 Å². The van der Waals surface area contributed by atoms with Crippen LogP contribution in [0.25, 0.3) is 0 Å². The molecule has 0 fully saturated rings. The van der Waals surface area contributed by atoms with Crippen molar-refractivity contribution >= 4 is 5.84 Å².